The van der Waals surface area contributed by atoms with Gasteiger partial charge in [-0.25, -0.2) is 0 Å². The molecule has 5 atom stereocenters. The van der Waals surface area contributed by atoms with Gasteiger partial charge in [0.05, 0.1) is 36.9 Å². The first-order chi connectivity index (χ1) is 15.3. The van der Waals surface area contributed by atoms with Crippen molar-refractivity contribution in [3.05, 3.63) is 41.2 Å². The second-order valence-electron chi connectivity index (χ2n) is 8.00. The fraction of sp³-hybridized carbons (Fsp3) is 0.500. The number of hydrogen-bond acceptors (Lipinski definition) is 5. The maximum atomic E-state index is 13.6. The summed E-state index contributed by atoms with van der Waals surface area (Å²) in [5.41, 5.74) is -2.86. The van der Waals surface area contributed by atoms with Crippen LogP contribution in [0.15, 0.2) is 24.4 Å². The molecule has 4 rings (SSSR count). The van der Waals surface area contributed by atoms with Crippen molar-refractivity contribution in [2.24, 2.45) is 13.0 Å². The predicted molar refractivity (Wildman–Crippen MR) is 100 cm³/mol. The average Bonchev–Trinajstić information content (AvgIpc) is 3.38. The highest BCUT2D eigenvalue weighted by Crippen LogP contribution is 2.51. The molecule has 33 heavy (non-hydrogen) atoms. The van der Waals surface area contributed by atoms with Gasteiger partial charge in [-0.3, -0.25) is 9.48 Å². The minimum Gasteiger partial charge on any atom is -0.496 e. The van der Waals surface area contributed by atoms with E-state index < -0.39 is 65.4 Å². The first kappa shape index (κ1) is 23.4. The number of methoxy groups -OCH3 is 1. The normalized spacial score (nSPS) is 27.1. The maximum Gasteiger partial charge on any atom is 0.435 e. The Morgan fingerprint density at radius 1 is 1.24 bits per heavy atom. The van der Waals surface area contributed by atoms with Crippen LogP contribution in [0.3, 0.4) is 0 Å². The minimum absolute atomic E-state index is 0.0112. The highest BCUT2D eigenvalue weighted by molar-refractivity contribution is 5.94. The van der Waals surface area contributed by atoms with Crippen LogP contribution < -0.4 is 10.1 Å². The lowest BCUT2D eigenvalue weighted by Crippen LogP contribution is -2.41. The molecule has 0 saturated carbocycles. The molecule has 2 aliphatic rings. The second kappa shape index (κ2) is 7.90. The number of fused-ring (bicyclic) bond motifs is 2. The Balaban J connectivity index is 1.68. The molecule has 2 N–H and O–H groups in total. The van der Waals surface area contributed by atoms with Gasteiger partial charge < -0.3 is 19.9 Å². The Bertz CT molecular complexity index is 1070. The molecular weight excluding hydrogens is 460 g/mol. The Morgan fingerprint density at radius 2 is 1.94 bits per heavy atom. The number of aliphatic hydroxyl groups excluding tert-OH is 1. The van der Waals surface area contributed by atoms with Gasteiger partial charge in [-0.2, -0.15) is 31.4 Å². The standard InChI is InChI=1S/C20H19F6N3O4/c1-29-7-9(17(28-29)20(24,25)26)14-15(13-6-11(30)16(14)33-13)18(31)27-8-3-4-12(32-2)10(5-8)19(21,22)23/h3-5,7,11,13-16,30H,6H2,1-2H3,(H,27,31)/t11-,13+,14+,15-,16-/m0/s1. The number of rotatable bonds is 4. The van der Waals surface area contributed by atoms with Crippen molar-refractivity contribution in [3.8, 4) is 5.75 Å². The molecule has 2 aromatic rings. The predicted octanol–water partition coefficient (Wildman–Crippen LogP) is 3.34. The zero-order valence-corrected chi connectivity index (χ0v) is 17.2. The molecule has 2 fully saturated rings. The molecule has 7 nitrogen and oxygen atoms in total. The van der Waals surface area contributed by atoms with Crippen molar-refractivity contribution in [3.63, 3.8) is 0 Å². The third-order valence-corrected chi connectivity index (χ3v) is 5.89. The molecular formula is C20H19F6N3O4. The van der Waals surface area contributed by atoms with Gasteiger partial charge in [0.1, 0.15) is 5.75 Å². The van der Waals surface area contributed by atoms with Gasteiger partial charge in [-0.1, -0.05) is 0 Å². The van der Waals surface area contributed by atoms with E-state index in [0.717, 1.165) is 24.1 Å². The molecule has 0 unspecified atom stereocenters. The van der Waals surface area contributed by atoms with E-state index in [-0.39, 0.29) is 17.7 Å². The number of nitrogens with one attached hydrogen (secondary N) is 1. The van der Waals surface area contributed by atoms with Crippen LogP contribution in [-0.2, 0) is 28.9 Å². The Hall–Kier alpha value is -2.80. The number of halogens is 6. The summed E-state index contributed by atoms with van der Waals surface area (Å²) in [5.74, 6) is -3.64. The van der Waals surface area contributed by atoms with E-state index in [2.05, 4.69) is 10.4 Å². The van der Waals surface area contributed by atoms with Gasteiger partial charge in [-0.15, -0.1) is 0 Å². The van der Waals surface area contributed by atoms with Crippen molar-refractivity contribution >= 4 is 11.6 Å². The van der Waals surface area contributed by atoms with Crippen molar-refractivity contribution < 1.29 is 45.7 Å². The number of amides is 1. The van der Waals surface area contributed by atoms with Crippen molar-refractivity contribution in [1.29, 1.82) is 0 Å². The summed E-state index contributed by atoms with van der Waals surface area (Å²) in [5, 5.41) is 16.0. The van der Waals surface area contributed by atoms with Crippen LogP contribution in [0.5, 0.6) is 5.75 Å². The molecule has 0 aliphatic carbocycles. The highest BCUT2D eigenvalue weighted by Gasteiger charge is 2.59. The van der Waals surface area contributed by atoms with E-state index in [1.165, 1.54) is 13.1 Å². The fourth-order valence-corrected chi connectivity index (χ4v) is 4.62. The van der Waals surface area contributed by atoms with E-state index in [4.69, 9.17) is 9.47 Å². The van der Waals surface area contributed by atoms with Crippen molar-refractivity contribution in [1.82, 2.24) is 9.78 Å². The zero-order chi connectivity index (χ0) is 24.3. The Kier molecular flexibility index (Phi) is 5.60. The molecule has 2 aliphatic heterocycles. The fourth-order valence-electron chi connectivity index (χ4n) is 4.62. The number of ether oxygens (including phenoxy) is 2. The third-order valence-electron chi connectivity index (χ3n) is 5.89. The van der Waals surface area contributed by atoms with Crippen molar-refractivity contribution in [2.45, 2.75) is 43.0 Å². The van der Waals surface area contributed by atoms with Gasteiger partial charge in [0.2, 0.25) is 5.91 Å². The molecule has 180 valence electrons. The summed E-state index contributed by atoms with van der Waals surface area (Å²) in [4.78, 5) is 13.1. The molecule has 1 aromatic heterocycles. The lowest BCUT2D eigenvalue weighted by atomic mass is 9.73. The maximum absolute atomic E-state index is 13.6. The van der Waals surface area contributed by atoms with Gasteiger partial charge >= 0.3 is 12.4 Å². The number of aromatic nitrogens is 2. The van der Waals surface area contributed by atoms with Crippen LogP contribution >= 0.6 is 0 Å². The molecule has 0 radical (unpaired) electrons. The first-order valence-electron chi connectivity index (χ1n) is 9.81. The molecule has 13 heteroatoms. The van der Waals surface area contributed by atoms with Crippen LogP contribution in [0.25, 0.3) is 0 Å². The lowest BCUT2D eigenvalue weighted by molar-refractivity contribution is -0.143. The Labute approximate surface area is 183 Å². The molecule has 2 bridgehead atoms. The summed E-state index contributed by atoms with van der Waals surface area (Å²) < 4.78 is 91.8. The monoisotopic (exact) mass is 479 g/mol. The largest absolute Gasteiger partial charge is 0.496 e. The Morgan fingerprint density at radius 3 is 2.55 bits per heavy atom. The van der Waals surface area contributed by atoms with Crippen LogP contribution in [0.2, 0.25) is 0 Å². The second-order valence-corrected chi connectivity index (χ2v) is 8.00. The van der Waals surface area contributed by atoms with Crippen LogP contribution in [0, 0.1) is 5.92 Å². The van der Waals surface area contributed by atoms with Gasteiger partial charge in [0, 0.05) is 36.8 Å². The zero-order valence-electron chi connectivity index (χ0n) is 17.2. The third kappa shape index (κ3) is 4.14. The first-order valence-corrected chi connectivity index (χ1v) is 9.81. The van der Waals surface area contributed by atoms with E-state index >= 15 is 0 Å². The number of carbonyl (C=O) groups is 1. The summed E-state index contributed by atoms with van der Waals surface area (Å²) in [6.07, 6.45) is -11.5. The van der Waals surface area contributed by atoms with Gasteiger partial charge in [0.25, 0.3) is 0 Å². The number of benzene rings is 1. The van der Waals surface area contributed by atoms with E-state index in [9.17, 15) is 36.2 Å². The smallest absolute Gasteiger partial charge is 0.435 e. The van der Waals surface area contributed by atoms with Crippen LogP contribution in [-0.4, -0.2) is 46.2 Å². The van der Waals surface area contributed by atoms with E-state index in [1.807, 2.05) is 0 Å². The van der Waals surface area contributed by atoms with Crippen LogP contribution in [0.4, 0.5) is 32.0 Å². The number of aryl methyl sites for hydroxylation is 1. The summed E-state index contributed by atoms with van der Waals surface area (Å²) in [7, 11) is 2.35. The summed E-state index contributed by atoms with van der Waals surface area (Å²) in [6, 6.07) is 2.90. The molecule has 2 saturated heterocycles. The van der Waals surface area contributed by atoms with Gasteiger partial charge in [-0.05, 0) is 18.2 Å². The molecule has 1 amide bonds. The number of hydrogen-bond donors (Lipinski definition) is 2. The highest BCUT2D eigenvalue weighted by atomic mass is 19.4. The molecule has 0 spiro atoms. The number of anilines is 1. The van der Waals surface area contributed by atoms with E-state index in [0.29, 0.717) is 6.07 Å². The number of alkyl halides is 6. The SMILES string of the molecule is COc1ccc(NC(=O)[C@@H]2[C@@H](c3cn(C)nc3C(F)(F)F)[C@H]3O[C@@H]2C[C@@H]3O)cc1C(F)(F)F. The average molecular weight is 479 g/mol. The van der Waals surface area contributed by atoms with Crippen LogP contribution in [0.1, 0.15) is 29.2 Å². The van der Waals surface area contributed by atoms with E-state index in [1.54, 1.807) is 0 Å². The summed E-state index contributed by atoms with van der Waals surface area (Å²) >= 11 is 0. The number of nitrogens with zero attached hydrogens (tertiary/aromatic N) is 2. The lowest BCUT2D eigenvalue weighted by Gasteiger charge is -2.30. The topological polar surface area (TPSA) is 85.6 Å². The quantitative estimate of drug-likeness (QED) is 0.658. The number of carbonyl (C=O) groups excluding carboxylic acids is 1. The summed E-state index contributed by atoms with van der Waals surface area (Å²) in [6.45, 7) is 0. The van der Waals surface area contributed by atoms with Gasteiger partial charge in [0.15, 0.2) is 5.69 Å². The number of aliphatic hydroxyl groups is 1. The van der Waals surface area contributed by atoms with Crippen molar-refractivity contribution in [2.75, 3.05) is 12.4 Å². The minimum atomic E-state index is -4.82. The molecule has 1 aromatic carbocycles. The molecule has 3 heterocycles.